The Bertz CT molecular complexity index is 151. The van der Waals surface area contributed by atoms with E-state index < -0.39 is 0 Å². The number of amides is 1. The Morgan fingerprint density at radius 3 is 2.10 bits per heavy atom. The molecule has 3 nitrogen and oxygen atoms in total. The molecule has 4 heteroatoms. The third-order valence-corrected chi connectivity index (χ3v) is 1.59. The van der Waals surface area contributed by atoms with E-state index in [1.165, 1.54) is 4.90 Å². The molecule has 0 aromatic rings. The van der Waals surface area contributed by atoms with Gasteiger partial charge in [0.15, 0.2) is 0 Å². The number of carbonyl (C=O) groups excluding carboxylic acids is 2. The minimum Gasteiger partial charge on any atom is -0.470 e. The van der Waals surface area contributed by atoms with Gasteiger partial charge in [-0.25, -0.2) is 6.04 Å². The molecule has 1 aliphatic heterocycles. The van der Waals surface area contributed by atoms with Crippen molar-refractivity contribution >= 4 is 11.7 Å². The molecule has 0 spiro atoms. The van der Waals surface area contributed by atoms with Crippen LogP contribution in [0, 0.1) is 6.04 Å². The standard InChI is InChI=1S/C6H8NO2.Y/c1-4-5(8)3-6(9)7(4)2;/h3H2,1-2H3;/q-1;. The predicted octanol–water partition coefficient (Wildman–Crippen LogP) is -0.0330. The van der Waals surface area contributed by atoms with Crippen molar-refractivity contribution in [2.75, 3.05) is 7.05 Å². The van der Waals surface area contributed by atoms with Crippen molar-refractivity contribution in [3.05, 3.63) is 6.04 Å². The maximum absolute atomic E-state index is 10.7. The first-order valence-corrected chi connectivity index (χ1v) is 2.76. The van der Waals surface area contributed by atoms with Crippen molar-refractivity contribution in [1.82, 2.24) is 4.90 Å². The summed E-state index contributed by atoms with van der Waals surface area (Å²) in [5, 5.41) is 0. The topological polar surface area (TPSA) is 37.4 Å². The van der Waals surface area contributed by atoms with Crippen LogP contribution in [-0.4, -0.2) is 23.6 Å². The third kappa shape index (κ3) is 1.58. The van der Waals surface area contributed by atoms with Gasteiger partial charge in [0.2, 0.25) is 5.91 Å². The van der Waals surface area contributed by atoms with E-state index in [0.717, 1.165) is 0 Å². The van der Waals surface area contributed by atoms with Crippen molar-refractivity contribution in [2.45, 2.75) is 13.3 Å². The molecule has 0 bridgehead atoms. The van der Waals surface area contributed by atoms with Gasteiger partial charge < -0.3 is 9.69 Å². The summed E-state index contributed by atoms with van der Waals surface area (Å²) in [5.74, 6) is -0.153. The third-order valence-electron chi connectivity index (χ3n) is 1.59. The Kier molecular flexibility index (Phi) is 3.53. The van der Waals surface area contributed by atoms with Gasteiger partial charge in [-0.2, -0.15) is 6.92 Å². The molecule has 0 aliphatic carbocycles. The number of likely N-dealkylation sites (N-methyl/N-ethyl adjacent to an activating group) is 1. The van der Waals surface area contributed by atoms with Gasteiger partial charge in [-0.05, 0) is 7.05 Å². The molecule has 1 aliphatic rings. The zero-order chi connectivity index (χ0) is 7.02. The molecule has 1 heterocycles. The Hall–Kier alpha value is 0.114. The van der Waals surface area contributed by atoms with E-state index in [0.29, 0.717) is 6.04 Å². The monoisotopic (exact) mass is 215 g/mol. The summed E-state index contributed by atoms with van der Waals surface area (Å²) >= 11 is 0. The van der Waals surface area contributed by atoms with Crippen LogP contribution in [0.15, 0.2) is 0 Å². The molecule has 53 valence electrons. The number of nitrogens with zero attached hydrogens (tertiary/aromatic N) is 1. The Labute approximate surface area is 85.0 Å². The quantitative estimate of drug-likeness (QED) is 0.420. The number of ketones is 1. The van der Waals surface area contributed by atoms with E-state index in [9.17, 15) is 9.59 Å². The van der Waals surface area contributed by atoms with Crippen molar-refractivity contribution in [1.29, 1.82) is 0 Å². The van der Waals surface area contributed by atoms with Crippen LogP contribution in [0.1, 0.15) is 13.3 Å². The Morgan fingerprint density at radius 2 is 2.00 bits per heavy atom. The van der Waals surface area contributed by atoms with Gasteiger partial charge in [0.25, 0.3) is 0 Å². The van der Waals surface area contributed by atoms with E-state index in [-0.39, 0.29) is 50.8 Å². The number of hydrogen-bond donors (Lipinski definition) is 0. The zero-order valence-electron chi connectivity index (χ0n) is 6.05. The normalized spacial score (nSPS) is 17.8. The van der Waals surface area contributed by atoms with Crippen molar-refractivity contribution < 1.29 is 42.3 Å². The fourth-order valence-electron chi connectivity index (χ4n) is 0.758. The molecule has 1 amide bonds. The summed E-state index contributed by atoms with van der Waals surface area (Å²) in [6.45, 7) is 1.66. The summed E-state index contributed by atoms with van der Waals surface area (Å²) in [6.07, 6.45) is 0.0579. The molecular formula is C6H8NO2Y-. The van der Waals surface area contributed by atoms with Crippen LogP contribution >= 0.6 is 0 Å². The van der Waals surface area contributed by atoms with Gasteiger partial charge >= 0.3 is 0 Å². The van der Waals surface area contributed by atoms with E-state index in [1.807, 2.05) is 0 Å². The first-order valence-electron chi connectivity index (χ1n) is 2.76. The maximum atomic E-state index is 10.7. The molecule has 0 unspecified atom stereocenters. The second-order valence-corrected chi connectivity index (χ2v) is 2.14. The van der Waals surface area contributed by atoms with Crippen LogP contribution < -0.4 is 0 Å². The van der Waals surface area contributed by atoms with Gasteiger partial charge in [-0.15, -0.1) is 0 Å². The second kappa shape index (κ2) is 3.49. The van der Waals surface area contributed by atoms with E-state index in [2.05, 4.69) is 0 Å². The molecule has 0 saturated carbocycles. The minimum atomic E-state index is -0.0995. The SMILES string of the molecule is C[C-]1C(=O)CC(=O)N1C.[Y]. The van der Waals surface area contributed by atoms with Gasteiger partial charge in [-0.3, -0.25) is 4.79 Å². The maximum Gasteiger partial charge on any atom is 0.201 e. The van der Waals surface area contributed by atoms with Crippen molar-refractivity contribution in [3.63, 3.8) is 0 Å². The number of Topliss-reactive ketones (excluding diaryl/α,β-unsaturated/α-hetero) is 1. The average molecular weight is 215 g/mol. The first kappa shape index (κ1) is 10.1. The van der Waals surface area contributed by atoms with Gasteiger partial charge in [0, 0.05) is 38.5 Å². The van der Waals surface area contributed by atoms with E-state index in [4.69, 9.17) is 0 Å². The predicted molar refractivity (Wildman–Crippen MR) is 31.3 cm³/mol. The molecule has 1 rings (SSSR count). The average Bonchev–Trinajstić information content (AvgIpc) is 1.98. The fourth-order valence-corrected chi connectivity index (χ4v) is 0.758. The number of carbonyl (C=O) groups is 2. The summed E-state index contributed by atoms with van der Waals surface area (Å²) in [4.78, 5) is 22.8. The zero-order valence-corrected chi connectivity index (χ0v) is 8.89. The van der Waals surface area contributed by atoms with Crippen LogP contribution in [0.5, 0.6) is 0 Å². The smallest absolute Gasteiger partial charge is 0.201 e. The molecule has 1 saturated heterocycles. The van der Waals surface area contributed by atoms with Gasteiger partial charge in [0.05, 0.1) is 6.42 Å². The molecule has 1 fully saturated rings. The van der Waals surface area contributed by atoms with Gasteiger partial charge in [0.1, 0.15) is 0 Å². The summed E-state index contributed by atoms with van der Waals surface area (Å²) in [6, 6.07) is 0.556. The summed E-state index contributed by atoms with van der Waals surface area (Å²) < 4.78 is 0. The van der Waals surface area contributed by atoms with Crippen LogP contribution in [0.2, 0.25) is 0 Å². The molecule has 0 N–H and O–H groups in total. The number of rotatable bonds is 0. The Morgan fingerprint density at radius 1 is 1.50 bits per heavy atom. The molecule has 0 aromatic carbocycles. The first-order chi connectivity index (χ1) is 4.13. The van der Waals surface area contributed by atoms with Crippen LogP contribution in [0.4, 0.5) is 0 Å². The number of likely N-dealkylation sites (tertiary alicyclic amines) is 1. The minimum absolute atomic E-state index is 0. The van der Waals surface area contributed by atoms with E-state index in [1.54, 1.807) is 14.0 Å². The molecule has 0 atom stereocenters. The molecular weight excluding hydrogens is 207 g/mol. The second-order valence-electron chi connectivity index (χ2n) is 2.14. The van der Waals surface area contributed by atoms with Crippen molar-refractivity contribution in [3.8, 4) is 0 Å². The summed E-state index contributed by atoms with van der Waals surface area (Å²) in [5.41, 5.74) is 0. The fraction of sp³-hybridized carbons (Fsp3) is 0.500. The van der Waals surface area contributed by atoms with Crippen LogP contribution in [0.3, 0.4) is 0 Å². The molecule has 1 radical (unpaired) electrons. The number of hydrogen-bond acceptors (Lipinski definition) is 2. The van der Waals surface area contributed by atoms with E-state index >= 15 is 0 Å². The largest absolute Gasteiger partial charge is 0.470 e. The van der Waals surface area contributed by atoms with Gasteiger partial charge in [-0.1, -0.05) is 0 Å². The summed E-state index contributed by atoms with van der Waals surface area (Å²) in [7, 11) is 1.61. The Balaban J connectivity index is 0.000000810. The molecule has 0 aromatic heterocycles. The molecule has 10 heavy (non-hydrogen) atoms. The van der Waals surface area contributed by atoms with Crippen LogP contribution in [-0.2, 0) is 42.3 Å². The van der Waals surface area contributed by atoms with Crippen molar-refractivity contribution in [2.24, 2.45) is 0 Å². The van der Waals surface area contributed by atoms with Crippen LogP contribution in [0.25, 0.3) is 0 Å².